The molecule has 1 aromatic carbocycles. The van der Waals surface area contributed by atoms with Crippen LogP contribution in [-0.4, -0.2) is 18.0 Å². The summed E-state index contributed by atoms with van der Waals surface area (Å²) in [5.41, 5.74) is 2.62. The van der Waals surface area contributed by atoms with Crippen molar-refractivity contribution in [3.8, 4) is 12.1 Å². The van der Waals surface area contributed by atoms with Gasteiger partial charge in [-0.05, 0) is 23.5 Å². The maximum absolute atomic E-state index is 8.69. The lowest BCUT2D eigenvalue weighted by atomic mass is 9.97. The molecule has 1 unspecified atom stereocenters. The maximum Gasteiger partial charge on any atom is 0.0635 e. The minimum atomic E-state index is 0.510. The average Bonchev–Trinajstić information content (AvgIpc) is 2.49. The van der Waals surface area contributed by atoms with Crippen molar-refractivity contribution in [2.75, 3.05) is 13.1 Å². The zero-order chi connectivity index (χ0) is 14.8. The summed E-state index contributed by atoms with van der Waals surface area (Å²) in [5.74, 6) is 0.595. The van der Waals surface area contributed by atoms with Gasteiger partial charge in [-0.1, -0.05) is 38.1 Å². The normalized spacial score (nSPS) is 11.8. The van der Waals surface area contributed by atoms with E-state index in [2.05, 4.69) is 55.2 Å². The molecule has 0 spiro atoms. The van der Waals surface area contributed by atoms with E-state index < -0.39 is 0 Å². The van der Waals surface area contributed by atoms with Crippen molar-refractivity contribution >= 4 is 0 Å². The van der Waals surface area contributed by atoms with Gasteiger partial charge >= 0.3 is 0 Å². The zero-order valence-electron chi connectivity index (χ0n) is 12.5. The molecule has 0 saturated carbocycles. The molecule has 0 heterocycles. The minimum Gasteiger partial charge on any atom is -0.297 e. The SMILES string of the molecule is CCC(C)c1ccc(CN(CCC#N)CCC#N)cc1. The number of nitrogens with zero attached hydrogens (tertiary/aromatic N) is 3. The first-order valence-corrected chi connectivity index (χ1v) is 7.26. The lowest BCUT2D eigenvalue weighted by Gasteiger charge is -2.20. The Bertz CT molecular complexity index is 446. The monoisotopic (exact) mass is 269 g/mol. The molecule has 3 nitrogen and oxygen atoms in total. The van der Waals surface area contributed by atoms with E-state index in [1.807, 2.05) is 0 Å². The maximum atomic E-state index is 8.69. The van der Waals surface area contributed by atoms with Crippen LogP contribution in [0.2, 0.25) is 0 Å². The number of benzene rings is 1. The van der Waals surface area contributed by atoms with Crippen molar-refractivity contribution in [1.82, 2.24) is 4.90 Å². The van der Waals surface area contributed by atoms with E-state index in [9.17, 15) is 0 Å². The molecule has 0 aliphatic rings. The van der Waals surface area contributed by atoms with Gasteiger partial charge in [0.2, 0.25) is 0 Å². The van der Waals surface area contributed by atoms with Gasteiger partial charge in [0.15, 0.2) is 0 Å². The van der Waals surface area contributed by atoms with Crippen LogP contribution in [0.5, 0.6) is 0 Å². The van der Waals surface area contributed by atoms with E-state index in [4.69, 9.17) is 10.5 Å². The highest BCUT2D eigenvalue weighted by Crippen LogP contribution is 2.19. The third-order valence-electron chi connectivity index (χ3n) is 3.65. The van der Waals surface area contributed by atoms with Gasteiger partial charge in [-0.2, -0.15) is 10.5 Å². The van der Waals surface area contributed by atoms with Crippen LogP contribution in [0.3, 0.4) is 0 Å². The summed E-state index contributed by atoms with van der Waals surface area (Å²) in [7, 11) is 0. The fourth-order valence-corrected chi connectivity index (χ4v) is 2.13. The Labute approximate surface area is 122 Å². The first-order chi connectivity index (χ1) is 9.71. The van der Waals surface area contributed by atoms with Crippen LogP contribution in [0.25, 0.3) is 0 Å². The molecule has 0 bridgehead atoms. The van der Waals surface area contributed by atoms with Crippen LogP contribution in [-0.2, 0) is 6.54 Å². The average molecular weight is 269 g/mol. The standard InChI is InChI=1S/C17H23N3/c1-3-15(2)17-8-6-16(7-9-17)14-20(12-4-10-18)13-5-11-19/h6-9,15H,3-5,12-14H2,1-2H3. The van der Waals surface area contributed by atoms with Crippen molar-refractivity contribution in [2.45, 2.75) is 45.6 Å². The molecule has 0 amide bonds. The summed E-state index contributed by atoms with van der Waals surface area (Å²) in [6, 6.07) is 13.0. The van der Waals surface area contributed by atoms with E-state index in [-0.39, 0.29) is 0 Å². The second kappa shape index (κ2) is 9.13. The number of rotatable bonds is 8. The molecular weight excluding hydrogens is 246 g/mol. The van der Waals surface area contributed by atoms with Gasteiger partial charge in [0.25, 0.3) is 0 Å². The Morgan fingerprint density at radius 3 is 2.05 bits per heavy atom. The van der Waals surface area contributed by atoms with E-state index >= 15 is 0 Å². The summed E-state index contributed by atoms with van der Waals surface area (Å²) in [5, 5.41) is 17.4. The highest BCUT2D eigenvalue weighted by molar-refractivity contribution is 5.25. The van der Waals surface area contributed by atoms with Gasteiger partial charge in [-0.15, -0.1) is 0 Å². The van der Waals surface area contributed by atoms with E-state index in [0.717, 1.165) is 26.1 Å². The van der Waals surface area contributed by atoms with Crippen LogP contribution < -0.4 is 0 Å². The van der Waals surface area contributed by atoms with Gasteiger partial charge in [0.05, 0.1) is 12.1 Å². The first-order valence-electron chi connectivity index (χ1n) is 7.26. The molecule has 20 heavy (non-hydrogen) atoms. The highest BCUT2D eigenvalue weighted by Gasteiger charge is 2.07. The van der Waals surface area contributed by atoms with Crippen LogP contribution in [0.15, 0.2) is 24.3 Å². The third kappa shape index (κ3) is 5.43. The van der Waals surface area contributed by atoms with Crippen molar-refractivity contribution in [3.05, 3.63) is 35.4 Å². The van der Waals surface area contributed by atoms with Crippen molar-refractivity contribution in [3.63, 3.8) is 0 Å². The summed E-state index contributed by atoms with van der Waals surface area (Å²) >= 11 is 0. The molecule has 1 aromatic rings. The fourth-order valence-electron chi connectivity index (χ4n) is 2.13. The Morgan fingerprint density at radius 1 is 1.05 bits per heavy atom. The van der Waals surface area contributed by atoms with Crippen LogP contribution >= 0.6 is 0 Å². The second-order valence-electron chi connectivity index (χ2n) is 5.14. The molecule has 0 radical (unpaired) electrons. The molecule has 0 saturated heterocycles. The minimum absolute atomic E-state index is 0.510. The van der Waals surface area contributed by atoms with Gasteiger partial charge < -0.3 is 0 Å². The summed E-state index contributed by atoms with van der Waals surface area (Å²) in [6.45, 7) is 6.70. The zero-order valence-corrected chi connectivity index (χ0v) is 12.5. The molecule has 0 aliphatic carbocycles. The molecule has 0 aliphatic heterocycles. The molecule has 106 valence electrons. The Kier molecular flexibility index (Phi) is 7.40. The molecule has 0 N–H and O–H groups in total. The lowest BCUT2D eigenvalue weighted by molar-refractivity contribution is 0.278. The molecule has 0 aromatic heterocycles. The lowest BCUT2D eigenvalue weighted by Crippen LogP contribution is -2.25. The number of hydrogen-bond acceptors (Lipinski definition) is 3. The van der Waals surface area contributed by atoms with Gasteiger partial charge in [-0.25, -0.2) is 0 Å². The van der Waals surface area contributed by atoms with Crippen LogP contribution in [0.4, 0.5) is 0 Å². The van der Waals surface area contributed by atoms with Crippen molar-refractivity contribution in [2.24, 2.45) is 0 Å². The molecule has 0 fully saturated rings. The molecule has 1 rings (SSSR count). The quantitative estimate of drug-likeness (QED) is 0.720. The van der Waals surface area contributed by atoms with Gasteiger partial charge in [0.1, 0.15) is 0 Å². The van der Waals surface area contributed by atoms with Gasteiger partial charge in [0, 0.05) is 32.5 Å². The summed E-state index contributed by atoms with van der Waals surface area (Å²) < 4.78 is 0. The molecule has 1 atom stereocenters. The largest absolute Gasteiger partial charge is 0.297 e. The first kappa shape index (κ1) is 16.2. The third-order valence-corrected chi connectivity index (χ3v) is 3.65. The Balaban J connectivity index is 2.63. The van der Waals surface area contributed by atoms with Crippen molar-refractivity contribution < 1.29 is 0 Å². The topological polar surface area (TPSA) is 50.8 Å². The number of nitriles is 2. The Hall–Kier alpha value is -1.84. The smallest absolute Gasteiger partial charge is 0.0635 e. The van der Waals surface area contributed by atoms with E-state index in [1.165, 1.54) is 11.1 Å². The predicted molar refractivity (Wildman–Crippen MR) is 80.9 cm³/mol. The summed E-state index contributed by atoms with van der Waals surface area (Å²) in [4.78, 5) is 2.17. The van der Waals surface area contributed by atoms with E-state index in [0.29, 0.717) is 18.8 Å². The van der Waals surface area contributed by atoms with E-state index in [1.54, 1.807) is 0 Å². The predicted octanol–water partition coefficient (Wildman–Crippen LogP) is 3.83. The number of hydrogen-bond donors (Lipinski definition) is 0. The summed E-state index contributed by atoms with van der Waals surface area (Å²) in [6.07, 6.45) is 2.17. The fraction of sp³-hybridized carbons (Fsp3) is 0.529. The Morgan fingerprint density at radius 2 is 1.60 bits per heavy atom. The highest BCUT2D eigenvalue weighted by atomic mass is 15.1. The van der Waals surface area contributed by atoms with Crippen LogP contribution in [0.1, 0.15) is 50.2 Å². The van der Waals surface area contributed by atoms with Crippen molar-refractivity contribution in [1.29, 1.82) is 10.5 Å². The second-order valence-corrected chi connectivity index (χ2v) is 5.14. The van der Waals surface area contributed by atoms with Gasteiger partial charge in [-0.3, -0.25) is 4.90 Å². The molecule has 3 heteroatoms. The van der Waals surface area contributed by atoms with Crippen LogP contribution in [0, 0.1) is 22.7 Å². The molecular formula is C17H23N3.